The van der Waals surface area contributed by atoms with E-state index < -0.39 is 34.8 Å². The van der Waals surface area contributed by atoms with Gasteiger partial charge in [-0.2, -0.15) is 17.5 Å². The van der Waals surface area contributed by atoms with E-state index in [-0.39, 0.29) is 17.9 Å². The molecule has 0 aliphatic heterocycles. The highest BCUT2D eigenvalue weighted by atomic mass is 32.1. The number of benzene rings is 2. The molecule has 0 radical (unpaired) electrons. The fourth-order valence-electron chi connectivity index (χ4n) is 4.36. The molecule has 0 amide bonds. The third-order valence-electron chi connectivity index (χ3n) is 6.53. The number of ether oxygens (including phenoxy) is 1. The number of likely N-dealkylation sites (N-methyl/N-ethyl adjacent to an activating group) is 1. The van der Waals surface area contributed by atoms with Crippen molar-refractivity contribution in [3.05, 3.63) is 74.6 Å². The number of carbonyl (C=O) groups is 1. The van der Waals surface area contributed by atoms with Crippen molar-refractivity contribution in [3.8, 4) is 22.7 Å². The van der Waals surface area contributed by atoms with E-state index >= 15 is 0 Å². The van der Waals surface area contributed by atoms with Gasteiger partial charge in [0, 0.05) is 30.5 Å². The summed E-state index contributed by atoms with van der Waals surface area (Å²) in [5.74, 6) is -0.928. The predicted molar refractivity (Wildman–Crippen MR) is 141 cm³/mol. The topological polar surface area (TPSA) is 107 Å². The number of aryl methyl sites for hydroxylation is 1. The van der Waals surface area contributed by atoms with Gasteiger partial charge in [0.25, 0.3) is 11.3 Å². The van der Waals surface area contributed by atoms with Gasteiger partial charge in [-0.15, -0.1) is 0 Å². The molecule has 1 N–H and O–H groups in total. The molecular formula is C26H25F3N4O5S. The zero-order valence-electron chi connectivity index (χ0n) is 21.7. The summed E-state index contributed by atoms with van der Waals surface area (Å²) in [4.78, 5) is 39.2. The highest BCUT2D eigenvalue weighted by Crippen LogP contribution is 2.39. The van der Waals surface area contributed by atoms with Crippen molar-refractivity contribution < 1.29 is 27.8 Å². The van der Waals surface area contributed by atoms with Gasteiger partial charge in [-0.25, -0.2) is 14.2 Å². The first-order chi connectivity index (χ1) is 18.2. The van der Waals surface area contributed by atoms with E-state index in [1.54, 1.807) is 45.3 Å². The second-order valence-electron chi connectivity index (χ2n) is 9.19. The van der Waals surface area contributed by atoms with Crippen LogP contribution in [-0.2, 0) is 18.0 Å². The average Bonchev–Trinajstić information content (AvgIpc) is 3.27. The maximum Gasteiger partial charge on any atom is 0.431 e. The van der Waals surface area contributed by atoms with Crippen molar-refractivity contribution in [2.24, 2.45) is 7.05 Å². The fourth-order valence-corrected chi connectivity index (χ4v) is 5.13. The van der Waals surface area contributed by atoms with E-state index in [2.05, 4.69) is 4.37 Å². The van der Waals surface area contributed by atoms with Gasteiger partial charge in [-0.05, 0) is 62.9 Å². The predicted octanol–water partition coefficient (Wildman–Crippen LogP) is 4.27. The van der Waals surface area contributed by atoms with E-state index in [1.165, 1.54) is 17.0 Å². The molecule has 0 aliphatic rings. The van der Waals surface area contributed by atoms with E-state index in [4.69, 9.17) is 4.74 Å². The number of carboxylic acids is 1. The second-order valence-corrected chi connectivity index (χ2v) is 10.00. The Morgan fingerprint density at radius 3 is 2.41 bits per heavy atom. The van der Waals surface area contributed by atoms with Crippen molar-refractivity contribution in [1.29, 1.82) is 0 Å². The fraction of sp³-hybridized carbons (Fsp3) is 0.308. The van der Waals surface area contributed by atoms with Crippen LogP contribution in [0.5, 0.6) is 5.75 Å². The molecule has 2 aromatic carbocycles. The summed E-state index contributed by atoms with van der Waals surface area (Å²) in [7, 11) is 4.14. The molecule has 0 spiro atoms. The molecule has 4 aromatic rings. The van der Waals surface area contributed by atoms with Crippen LogP contribution in [0.15, 0.2) is 52.1 Å². The molecule has 0 bridgehead atoms. The van der Waals surface area contributed by atoms with Crippen LogP contribution in [-0.4, -0.2) is 49.3 Å². The third-order valence-corrected chi connectivity index (χ3v) is 7.35. The van der Waals surface area contributed by atoms with Crippen LogP contribution in [0.25, 0.3) is 27.0 Å². The summed E-state index contributed by atoms with van der Waals surface area (Å²) >= 11 is 1.13. The van der Waals surface area contributed by atoms with Crippen LogP contribution >= 0.6 is 11.5 Å². The van der Waals surface area contributed by atoms with Crippen LogP contribution in [0.2, 0.25) is 0 Å². The summed E-state index contributed by atoms with van der Waals surface area (Å²) in [6.07, 6.45) is -4.75. The Kier molecular flexibility index (Phi) is 7.17. The van der Waals surface area contributed by atoms with Gasteiger partial charge in [-0.1, -0.05) is 18.6 Å². The Hall–Kier alpha value is -3.97. The summed E-state index contributed by atoms with van der Waals surface area (Å²) < 4.78 is 52.3. The standard InChI is InChI=1S/C26H25F3N4O5S/c1-6-25(23(35)36,31(3)4)38-18-9-7-14(2)11-16(18)22-17-12-15(8-10-19(17)39-30-22)33-21(34)13-20(26(27,28)29)32(5)24(33)37/h7-13H,6H2,1-5H3,(H,35,36). The second kappa shape index (κ2) is 9.97. The number of aliphatic carboxylic acids is 1. The summed E-state index contributed by atoms with van der Waals surface area (Å²) in [5, 5.41) is 10.5. The first-order valence-electron chi connectivity index (χ1n) is 11.7. The Morgan fingerprint density at radius 2 is 1.82 bits per heavy atom. The van der Waals surface area contributed by atoms with Crippen LogP contribution in [0, 0.1) is 6.92 Å². The number of fused-ring (bicyclic) bond motifs is 1. The molecule has 0 saturated carbocycles. The van der Waals surface area contributed by atoms with Crippen molar-refractivity contribution in [2.45, 2.75) is 32.2 Å². The first kappa shape index (κ1) is 28.0. The van der Waals surface area contributed by atoms with Crippen LogP contribution < -0.4 is 16.0 Å². The minimum atomic E-state index is -4.88. The quantitative estimate of drug-likeness (QED) is 0.335. The number of carboxylic acid groups (broad SMARTS) is 1. The monoisotopic (exact) mass is 562 g/mol. The largest absolute Gasteiger partial charge is 0.477 e. The smallest absolute Gasteiger partial charge is 0.431 e. The lowest BCUT2D eigenvalue weighted by Crippen LogP contribution is -2.55. The van der Waals surface area contributed by atoms with Crippen LogP contribution in [0.1, 0.15) is 24.6 Å². The lowest BCUT2D eigenvalue weighted by Gasteiger charge is -2.35. The molecule has 206 valence electrons. The Labute approximate surface area is 224 Å². The number of halogens is 3. The molecule has 1 atom stereocenters. The van der Waals surface area contributed by atoms with Gasteiger partial charge in [0.1, 0.15) is 11.4 Å². The van der Waals surface area contributed by atoms with Gasteiger partial charge in [-0.3, -0.25) is 14.3 Å². The maximum absolute atomic E-state index is 13.3. The average molecular weight is 563 g/mol. The number of rotatable bonds is 7. The molecule has 2 heterocycles. The minimum absolute atomic E-state index is 0.0557. The zero-order chi connectivity index (χ0) is 28.9. The van der Waals surface area contributed by atoms with E-state index in [0.29, 0.717) is 36.5 Å². The molecule has 13 heteroatoms. The molecule has 1 unspecified atom stereocenters. The lowest BCUT2D eigenvalue weighted by molar-refractivity contribution is -0.172. The number of alkyl halides is 3. The Bertz CT molecular complexity index is 1710. The summed E-state index contributed by atoms with van der Waals surface area (Å²) in [6.45, 7) is 3.53. The Balaban J connectivity index is 1.93. The van der Waals surface area contributed by atoms with Gasteiger partial charge in [0.15, 0.2) is 0 Å². The molecule has 0 aliphatic carbocycles. The maximum atomic E-state index is 13.3. The lowest BCUT2D eigenvalue weighted by atomic mass is 10.0. The normalized spacial score (nSPS) is 13.6. The molecule has 9 nitrogen and oxygen atoms in total. The zero-order valence-corrected chi connectivity index (χ0v) is 22.5. The van der Waals surface area contributed by atoms with E-state index in [9.17, 15) is 32.7 Å². The highest BCUT2D eigenvalue weighted by molar-refractivity contribution is 7.13. The van der Waals surface area contributed by atoms with Crippen molar-refractivity contribution in [2.75, 3.05) is 14.1 Å². The van der Waals surface area contributed by atoms with Crippen molar-refractivity contribution in [1.82, 2.24) is 18.4 Å². The van der Waals surface area contributed by atoms with Crippen molar-refractivity contribution in [3.63, 3.8) is 0 Å². The number of hydrogen-bond acceptors (Lipinski definition) is 7. The van der Waals surface area contributed by atoms with Gasteiger partial charge in [0.2, 0.25) is 0 Å². The van der Waals surface area contributed by atoms with E-state index in [0.717, 1.165) is 24.1 Å². The molecular weight excluding hydrogens is 537 g/mol. The summed E-state index contributed by atoms with van der Waals surface area (Å²) in [6, 6.07) is 10.1. The van der Waals surface area contributed by atoms with Gasteiger partial charge in [0.05, 0.1) is 16.1 Å². The van der Waals surface area contributed by atoms with Crippen molar-refractivity contribution >= 4 is 27.6 Å². The number of hydrogen-bond donors (Lipinski definition) is 1. The first-order valence-corrected chi connectivity index (χ1v) is 12.5. The molecule has 0 saturated heterocycles. The minimum Gasteiger partial charge on any atom is -0.477 e. The van der Waals surface area contributed by atoms with Gasteiger partial charge < -0.3 is 9.84 Å². The summed E-state index contributed by atoms with van der Waals surface area (Å²) in [5.41, 5.74) is -3.53. The molecule has 2 aromatic heterocycles. The number of nitrogens with zero attached hydrogens (tertiary/aromatic N) is 4. The van der Waals surface area contributed by atoms with Gasteiger partial charge >= 0.3 is 17.8 Å². The third kappa shape index (κ3) is 4.83. The SMILES string of the molecule is CCC(Oc1ccc(C)cc1-c1nsc2ccc(-n3c(=O)cc(C(F)(F)F)n(C)c3=O)cc12)(C(=O)O)N(C)C. The van der Waals surface area contributed by atoms with Crippen LogP contribution in [0.4, 0.5) is 13.2 Å². The molecule has 4 rings (SSSR count). The molecule has 39 heavy (non-hydrogen) atoms. The molecule has 0 fully saturated rings. The van der Waals surface area contributed by atoms with E-state index in [1.807, 2.05) is 6.92 Å². The van der Waals surface area contributed by atoms with Crippen LogP contribution in [0.3, 0.4) is 0 Å². The number of aromatic nitrogens is 3. The Morgan fingerprint density at radius 1 is 1.13 bits per heavy atom. The highest BCUT2D eigenvalue weighted by Gasteiger charge is 2.42.